The van der Waals surface area contributed by atoms with E-state index in [0.29, 0.717) is 0 Å². The van der Waals surface area contributed by atoms with Crippen LogP contribution in [-0.4, -0.2) is 4.98 Å². The van der Waals surface area contributed by atoms with Gasteiger partial charge in [0, 0.05) is 11.5 Å². The van der Waals surface area contributed by atoms with E-state index in [4.69, 9.17) is 0 Å². The van der Waals surface area contributed by atoms with Crippen LogP contribution >= 0.6 is 0 Å². The van der Waals surface area contributed by atoms with Crippen molar-refractivity contribution in [3.63, 3.8) is 0 Å². The van der Waals surface area contributed by atoms with Gasteiger partial charge in [0.1, 0.15) is 0 Å². The fourth-order valence-electron chi connectivity index (χ4n) is 3.02. The Morgan fingerprint density at radius 3 is 2.54 bits per heavy atom. The summed E-state index contributed by atoms with van der Waals surface area (Å²) in [5.41, 5.74) is 0. The minimum absolute atomic E-state index is 0.793. The van der Waals surface area contributed by atoms with E-state index >= 15 is 0 Å². The summed E-state index contributed by atoms with van der Waals surface area (Å²) in [5.74, 6) is 3.28. The zero-order chi connectivity index (χ0) is 9.00. The molecule has 0 amide bonds. The lowest BCUT2D eigenvalue weighted by atomic mass is 9.59. The van der Waals surface area contributed by atoms with Gasteiger partial charge >= 0.3 is 0 Å². The van der Waals surface area contributed by atoms with Gasteiger partial charge < -0.3 is 4.98 Å². The van der Waals surface area contributed by atoms with E-state index in [2.05, 4.69) is 37.0 Å². The second-order valence-electron chi connectivity index (χ2n) is 4.55. The van der Waals surface area contributed by atoms with Crippen molar-refractivity contribution in [2.24, 2.45) is 23.7 Å². The lowest BCUT2D eigenvalue weighted by molar-refractivity contribution is 0.101. The van der Waals surface area contributed by atoms with Crippen molar-refractivity contribution in [3.05, 3.63) is 22.8 Å². The summed E-state index contributed by atoms with van der Waals surface area (Å²) < 4.78 is 0. The van der Waals surface area contributed by atoms with Crippen LogP contribution in [0.1, 0.15) is 13.8 Å². The zero-order valence-electron chi connectivity index (χ0n) is 8.12. The molecule has 2 atom stereocenters. The summed E-state index contributed by atoms with van der Waals surface area (Å²) in [6, 6.07) is 2.19. The third-order valence-electron chi connectivity index (χ3n) is 3.97. The van der Waals surface area contributed by atoms with Crippen LogP contribution in [0.25, 0.3) is 12.2 Å². The minimum atomic E-state index is 0.793. The molecule has 1 fully saturated rings. The van der Waals surface area contributed by atoms with Gasteiger partial charge in [0.2, 0.25) is 0 Å². The molecule has 3 aliphatic carbocycles. The molecule has 0 spiro atoms. The summed E-state index contributed by atoms with van der Waals surface area (Å²) in [6.07, 6.45) is 6.91. The Morgan fingerprint density at radius 2 is 1.77 bits per heavy atom. The number of hydrogen-bond acceptors (Lipinski definition) is 0. The highest BCUT2D eigenvalue weighted by atomic mass is 14.7. The number of rotatable bonds is 0. The molecule has 4 rings (SSSR count). The molecular weight excluding hydrogens is 158 g/mol. The van der Waals surface area contributed by atoms with Crippen LogP contribution in [0.3, 0.4) is 0 Å². The number of H-pyrrole nitrogens is 1. The van der Waals surface area contributed by atoms with E-state index in [-0.39, 0.29) is 0 Å². The fraction of sp³-hybridized carbons (Fsp3) is 0.500. The Hall–Kier alpha value is -0.980. The molecule has 3 aliphatic rings. The van der Waals surface area contributed by atoms with Crippen LogP contribution in [0.4, 0.5) is 0 Å². The summed E-state index contributed by atoms with van der Waals surface area (Å²) >= 11 is 0. The van der Waals surface area contributed by atoms with Gasteiger partial charge in [-0.2, -0.15) is 0 Å². The van der Waals surface area contributed by atoms with Gasteiger partial charge in [-0.15, -0.1) is 0 Å². The predicted octanol–water partition coefficient (Wildman–Crippen LogP) is 1.11. The molecule has 1 nitrogen and oxygen atoms in total. The van der Waals surface area contributed by atoms with Crippen LogP contribution in [0.15, 0.2) is 12.3 Å². The standard InChI is InChI=1S/C12H15N/c1-7-10-5-9-3-4-13-12(9)6-11(7)8(10)2/h3-8,10-11,13H,1-2H3. The van der Waals surface area contributed by atoms with Gasteiger partial charge in [-0.3, -0.25) is 0 Å². The normalized spacial score (nSPS) is 40.8. The Balaban J connectivity index is 2.26. The van der Waals surface area contributed by atoms with E-state index in [1.807, 2.05) is 6.20 Å². The number of aromatic nitrogens is 1. The van der Waals surface area contributed by atoms with E-state index in [0.717, 1.165) is 23.7 Å². The monoisotopic (exact) mass is 173 g/mol. The first-order valence-electron chi connectivity index (χ1n) is 5.14. The van der Waals surface area contributed by atoms with Crippen LogP contribution in [0.5, 0.6) is 0 Å². The lowest BCUT2D eigenvalue weighted by Gasteiger charge is -2.46. The molecule has 1 heteroatoms. The molecule has 13 heavy (non-hydrogen) atoms. The second kappa shape index (κ2) is 2.28. The fourth-order valence-corrected chi connectivity index (χ4v) is 3.02. The lowest BCUT2D eigenvalue weighted by Crippen LogP contribution is -2.40. The smallest absolute Gasteiger partial charge is 0.0413 e. The van der Waals surface area contributed by atoms with Crippen LogP contribution in [0, 0.1) is 23.7 Å². The van der Waals surface area contributed by atoms with Gasteiger partial charge in [-0.05, 0) is 35.0 Å². The summed E-state index contributed by atoms with van der Waals surface area (Å²) in [4.78, 5) is 3.31. The van der Waals surface area contributed by atoms with Crippen molar-refractivity contribution in [2.75, 3.05) is 0 Å². The largest absolute Gasteiger partial charge is 0.361 e. The molecule has 1 N–H and O–H groups in total. The quantitative estimate of drug-likeness (QED) is 0.605. The molecule has 2 unspecified atom stereocenters. The van der Waals surface area contributed by atoms with E-state index in [1.54, 1.807) is 0 Å². The average molecular weight is 173 g/mol. The minimum Gasteiger partial charge on any atom is -0.361 e. The predicted molar refractivity (Wildman–Crippen MR) is 54.3 cm³/mol. The van der Waals surface area contributed by atoms with E-state index < -0.39 is 0 Å². The Labute approximate surface area is 78.2 Å². The topological polar surface area (TPSA) is 15.8 Å². The van der Waals surface area contributed by atoms with Crippen LogP contribution < -0.4 is 10.6 Å². The SMILES string of the molecule is CC1C2C=c3cc[nH]c3=CC1C2C. The molecule has 0 radical (unpaired) electrons. The highest BCUT2D eigenvalue weighted by Crippen LogP contribution is 2.47. The summed E-state index contributed by atoms with van der Waals surface area (Å²) in [5, 5.41) is 2.74. The van der Waals surface area contributed by atoms with Gasteiger partial charge in [0.25, 0.3) is 0 Å². The average Bonchev–Trinajstić information content (AvgIpc) is 2.47. The number of nitrogens with one attached hydrogen (secondary N) is 1. The Morgan fingerprint density at radius 1 is 1.08 bits per heavy atom. The molecule has 1 saturated carbocycles. The van der Waals surface area contributed by atoms with Crippen molar-refractivity contribution >= 4 is 12.2 Å². The first kappa shape index (κ1) is 7.43. The van der Waals surface area contributed by atoms with Crippen molar-refractivity contribution in [3.8, 4) is 0 Å². The molecule has 68 valence electrons. The maximum Gasteiger partial charge on any atom is 0.0413 e. The van der Waals surface area contributed by atoms with E-state index in [9.17, 15) is 0 Å². The highest BCUT2D eigenvalue weighted by Gasteiger charge is 2.42. The first-order valence-corrected chi connectivity index (χ1v) is 5.14. The molecule has 2 bridgehead atoms. The van der Waals surface area contributed by atoms with Gasteiger partial charge in [-0.25, -0.2) is 0 Å². The molecule has 1 aromatic heterocycles. The van der Waals surface area contributed by atoms with Crippen molar-refractivity contribution in [2.45, 2.75) is 13.8 Å². The summed E-state index contributed by atoms with van der Waals surface area (Å²) in [7, 11) is 0. The highest BCUT2D eigenvalue weighted by molar-refractivity contribution is 5.43. The molecule has 1 aromatic rings. The van der Waals surface area contributed by atoms with Crippen molar-refractivity contribution < 1.29 is 0 Å². The number of hydrogen-bond donors (Lipinski definition) is 1. The second-order valence-corrected chi connectivity index (χ2v) is 4.55. The molecule has 1 heterocycles. The van der Waals surface area contributed by atoms with Crippen LogP contribution in [-0.2, 0) is 0 Å². The summed E-state index contributed by atoms with van der Waals surface area (Å²) in [6.45, 7) is 4.74. The third-order valence-corrected chi connectivity index (χ3v) is 3.97. The van der Waals surface area contributed by atoms with Gasteiger partial charge in [-0.1, -0.05) is 26.0 Å². The molecule has 0 aliphatic heterocycles. The zero-order valence-corrected chi connectivity index (χ0v) is 8.12. The maximum absolute atomic E-state index is 3.31. The van der Waals surface area contributed by atoms with Gasteiger partial charge in [0.05, 0.1) is 0 Å². The van der Waals surface area contributed by atoms with Gasteiger partial charge in [0.15, 0.2) is 0 Å². The molecule has 0 saturated heterocycles. The Bertz CT molecular complexity index is 391. The first-order chi connectivity index (χ1) is 6.27. The third kappa shape index (κ3) is 0.822. The van der Waals surface area contributed by atoms with Crippen LogP contribution in [0.2, 0.25) is 0 Å². The maximum atomic E-state index is 3.31. The van der Waals surface area contributed by atoms with Crippen molar-refractivity contribution in [1.29, 1.82) is 0 Å². The van der Waals surface area contributed by atoms with E-state index in [1.165, 1.54) is 10.6 Å². The van der Waals surface area contributed by atoms with Crippen molar-refractivity contribution in [1.82, 2.24) is 4.98 Å². The number of aromatic amines is 1. The molecule has 0 aromatic carbocycles. The molecular formula is C12H15N. The Kier molecular flexibility index (Phi) is 1.30.